The summed E-state index contributed by atoms with van der Waals surface area (Å²) in [5, 5.41) is 0.155. The van der Waals surface area contributed by atoms with E-state index >= 15 is 0 Å². The number of hydrogen-bond acceptors (Lipinski definition) is 3. The first-order valence-corrected chi connectivity index (χ1v) is 8.65. The number of alkyl halides is 2. The quantitative estimate of drug-likeness (QED) is 0.830. The molecule has 3 aliphatic rings. The maximum Gasteiger partial charge on any atom is 0.260 e. The van der Waals surface area contributed by atoms with Crippen molar-refractivity contribution in [1.29, 1.82) is 0 Å². The average Bonchev–Trinajstić information content (AvgIpc) is 2.85. The topological polar surface area (TPSA) is 55.2 Å². The van der Waals surface area contributed by atoms with Crippen LogP contribution in [0.4, 0.5) is 8.78 Å². The van der Waals surface area contributed by atoms with Gasteiger partial charge in [-0.1, -0.05) is 6.92 Å². The van der Waals surface area contributed by atoms with Gasteiger partial charge >= 0.3 is 0 Å². The highest BCUT2D eigenvalue weighted by atomic mass is 32.2. The van der Waals surface area contributed by atoms with E-state index in [2.05, 4.69) is 4.98 Å². The third kappa shape index (κ3) is 1.57. The van der Waals surface area contributed by atoms with Crippen molar-refractivity contribution in [2.45, 2.75) is 43.7 Å². The average molecular weight is 317 g/mol. The van der Waals surface area contributed by atoms with E-state index in [0.717, 1.165) is 18.7 Å². The molecular formula is C13H17F2N3O2S. The molecule has 3 heterocycles. The number of piperidine rings is 1. The van der Waals surface area contributed by atoms with E-state index in [0.29, 0.717) is 6.54 Å². The van der Waals surface area contributed by atoms with Gasteiger partial charge in [0.2, 0.25) is 0 Å². The summed E-state index contributed by atoms with van der Waals surface area (Å²) in [5.74, 6) is -2.82. The van der Waals surface area contributed by atoms with E-state index < -0.39 is 27.3 Å². The molecule has 0 amide bonds. The first kappa shape index (κ1) is 13.6. The standard InChI is InChI=1S/C13H17F2N3O2S/c1-12-4-6-17(8-9(12)13(12,14)15)21(19,20)11-7-16-10-3-2-5-18(10)11/h7,9H,2-6,8H2,1H3. The van der Waals surface area contributed by atoms with Crippen LogP contribution in [0.5, 0.6) is 0 Å². The molecule has 1 saturated carbocycles. The molecule has 4 rings (SSSR count). The van der Waals surface area contributed by atoms with Gasteiger partial charge in [-0.3, -0.25) is 0 Å². The molecule has 0 N–H and O–H groups in total. The Labute approximate surface area is 122 Å². The van der Waals surface area contributed by atoms with Gasteiger partial charge in [0.15, 0.2) is 5.03 Å². The molecule has 1 aliphatic carbocycles. The van der Waals surface area contributed by atoms with E-state index in [1.165, 1.54) is 10.5 Å². The van der Waals surface area contributed by atoms with Gasteiger partial charge in [-0.2, -0.15) is 4.31 Å². The Morgan fingerprint density at radius 1 is 1.38 bits per heavy atom. The first-order chi connectivity index (χ1) is 9.78. The second-order valence-corrected chi connectivity index (χ2v) is 8.36. The lowest BCUT2D eigenvalue weighted by Gasteiger charge is -2.27. The number of imidazole rings is 1. The molecule has 0 aromatic carbocycles. The second kappa shape index (κ2) is 3.84. The Hall–Kier alpha value is -1.02. The Bertz CT molecular complexity index is 715. The van der Waals surface area contributed by atoms with Crippen molar-refractivity contribution < 1.29 is 17.2 Å². The van der Waals surface area contributed by atoms with Crippen LogP contribution in [0.3, 0.4) is 0 Å². The maximum absolute atomic E-state index is 13.8. The molecule has 116 valence electrons. The largest absolute Gasteiger partial charge is 0.318 e. The Morgan fingerprint density at radius 2 is 2.14 bits per heavy atom. The number of hydrogen-bond donors (Lipinski definition) is 0. The zero-order valence-corrected chi connectivity index (χ0v) is 12.5. The van der Waals surface area contributed by atoms with Gasteiger partial charge < -0.3 is 4.57 Å². The van der Waals surface area contributed by atoms with Crippen molar-refractivity contribution in [3.63, 3.8) is 0 Å². The van der Waals surface area contributed by atoms with E-state index in [4.69, 9.17) is 0 Å². The molecular weight excluding hydrogens is 300 g/mol. The number of aromatic nitrogens is 2. The van der Waals surface area contributed by atoms with E-state index in [1.807, 2.05) is 0 Å². The van der Waals surface area contributed by atoms with Crippen LogP contribution in [-0.2, 0) is 23.0 Å². The number of nitrogens with zero attached hydrogens (tertiary/aromatic N) is 3. The molecule has 1 aromatic heterocycles. The lowest BCUT2D eigenvalue weighted by molar-refractivity contribution is 0.0636. The summed E-state index contributed by atoms with van der Waals surface area (Å²) in [6.45, 7) is 2.25. The third-order valence-corrected chi connectivity index (χ3v) is 7.31. The van der Waals surface area contributed by atoms with Crippen LogP contribution in [0, 0.1) is 11.3 Å². The fourth-order valence-corrected chi connectivity index (χ4v) is 5.37. The van der Waals surface area contributed by atoms with Crippen molar-refractivity contribution in [1.82, 2.24) is 13.9 Å². The first-order valence-electron chi connectivity index (χ1n) is 7.21. The molecule has 2 aliphatic heterocycles. The lowest BCUT2D eigenvalue weighted by Crippen LogP contribution is -2.39. The molecule has 8 heteroatoms. The monoisotopic (exact) mass is 317 g/mol. The summed E-state index contributed by atoms with van der Waals surface area (Å²) in [7, 11) is -3.73. The molecule has 0 radical (unpaired) electrons. The van der Waals surface area contributed by atoms with Crippen LogP contribution in [0.1, 0.15) is 25.6 Å². The van der Waals surface area contributed by atoms with Crippen molar-refractivity contribution >= 4 is 10.0 Å². The van der Waals surface area contributed by atoms with Crippen molar-refractivity contribution in [2.75, 3.05) is 13.1 Å². The minimum atomic E-state index is -3.73. The smallest absolute Gasteiger partial charge is 0.260 e. The zero-order valence-electron chi connectivity index (χ0n) is 11.7. The van der Waals surface area contributed by atoms with Gasteiger partial charge in [0.1, 0.15) is 5.82 Å². The van der Waals surface area contributed by atoms with Gasteiger partial charge in [-0.15, -0.1) is 0 Å². The fourth-order valence-electron chi connectivity index (χ4n) is 3.77. The Kier molecular flexibility index (Phi) is 2.49. The second-order valence-electron chi connectivity index (χ2n) is 6.47. The maximum atomic E-state index is 13.8. The van der Waals surface area contributed by atoms with Crippen LogP contribution < -0.4 is 0 Å². The summed E-state index contributed by atoms with van der Waals surface area (Å²) in [4.78, 5) is 4.14. The van der Waals surface area contributed by atoms with Crippen LogP contribution in [-0.4, -0.2) is 41.3 Å². The highest BCUT2D eigenvalue weighted by Crippen LogP contribution is 2.69. The van der Waals surface area contributed by atoms with Crippen molar-refractivity contribution in [3.8, 4) is 0 Å². The SMILES string of the molecule is CC12CCN(S(=O)(=O)c3cnc4n3CCC4)CC1C2(F)F. The number of sulfonamides is 1. The molecule has 2 atom stereocenters. The molecule has 2 fully saturated rings. The molecule has 0 bridgehead atoms. The summed E-state index contributed by atoms with van der Waals surface area (Å²) < 4.78 is 55.9. The van der Waals surface area contributed by atoms with Gasteiger partial charge in [0, 0.05) is 37.4 Å². The Morgan fingerprint density at radius 3 is 2.86 bits per heavy atom. The Balaban J connectivity index is 1.65. The zero-order chi connectivity index (χ0) is 15.0. The van der Waals surface area contributed by atoms with Crippen LogP contribution in [0.15, 0.2) is 11.2 Å². The summed E-state index contributed by atoms with van der Waals surface area (Å²) in [6.07, 6.45) is 3.23. The summed E-state index contributed by atoms with van der Waals surface area (Å²) in [5.41, 5.74) is -1.02. The van der Waals surface area contributed by atoms with E-state index in [1.54, 1.807) is 11.5 Å². The summed E-state index contributed by atoms with van der Waals surface area (Å²) in [6, 6.07) is 0. The van der Waals surface area contributed by atoms with Gasteiger partial charge in [-0.25, -0.2) is 22.2 Å². The van der Waals surface area contributed by atoms with Crippen LogP contribution >= 0.6 is 0 Å². The third-order valence-electron chi connectivity index (χ3n) is 5.44. The van der Waals surface area contributed by atoms with E-state index in [-0.39, 0.29) is 24.5 Å². The van der Waals surface area contributed by atoms with Gasteiger partial charge in [-0.05, 0) is 12.8 Å². The fraction of sp³-hybridized carbons (Fsp3) is 0.769. The number of halogens is 2. The molecule has 2 unspecified atom stereocenters. The van der Waals surface area contributed by atoms with Crippen LogP contribution in [0.25, 0.3) is 0 Å². The van der Waals surface area contributed by atoms with Crippen molar-refractivity contribution in [2.24, 2.45) is 11.3 Å². The minimum Gasteiger partial charge on any atom is -0.318 e. The molecule has 1 aromatic rings. The van der Waals surface area contributed by atoms with Crippen LogP contribution in [0.2, 0.25) is 0 Å². The number of fused-ring (bicyclic) bond motifs is 2. The molecule has 5 nitrogen and oxygen atoms in total. The number of rotatable bonds is 2. The predicted octanol–water partition coefficient (Wildman–Crippen LogP) is 1.50. The normalized spacial score (nSPS) is 34.5. The molecule has 1 saturated heterocycles. The number of aryl methyl sites for hydroxylation is 1. The highest BCUT2D eigenvalue weighted by Gasteiger charge is 2.78. The summed E-state index contributed by atoms with van der Waals surface area (Å²) >= 11 is 0. The highest BCUT2D eigenvalue weighted by molar-refractivity contribution is 7.89. The minimum absolute atomic E-state index is 0.0909. The van der Waals surface area contributed by atoms with Gasteiger partial charge in [0.05, 0.1) is 6.20 Å². The van der Waals surface area contributed by atoms with Crippen molar-refractivity contribution in [3.05, 3.63) is 12.0 Å². The molecule has 0 spiro atoms. The lowest BCUT2D eigenvalue weighted by atomic mass is 9.99. The predicted molar refractivity (Wildman–Crippen MR) is 70.5 cm³/mol. The molecule has 21 heavy (non-hydrogen) atoms. The van der Waals surface area contributed by atoms with E-state index in [9.17, 15) is 17.2 Å². The van der Waals surface area contributed by atoms with Gasteiger partial charge in [0.25, 0.3) is 15.9 Å².